The lowest BCUT2D eigenvalue weighted by atomic mass is 10.0. The number of hydrogen-bond donors (Lipinski definition) is 0. The monoisotopic (exact) mass is 340 g/mol. The molecular weight excluding hydrogens is 320 g/mol. The minimum Gasteiger partial charge on any atom is -0.333 e. The number of carbonyl (C=O) groups excluding carboxylic acids is 1. The third kappa shape index (κ3) is 2.71. The van der Waals surface area contributed by atoms with E-state index in [1.165, 1.54) is 19.3 Å². The van der Waals surface area contributed by atoms with Crippen molar-refractivity contribution in [3.63, 3.8) is 0 Å². The molecule has 4 heteroatoms. The van der Waals surface area contributed by atoms with E-state index in [1.54, 1.807) is 6.20 Å². The lowest BCUT2D eigenvalue weighted by Gasteiger charge is -2.29. The van der Waals surface area contributed by atoms with Crippen molar-refractivity contribution in [3.8, 4) is 0 Å². The summed E-state index contributed by atoms with van der Waals surface area (Å²) < 4.78 is 0. The second-order valence-corrected chi connectivity index (χ2v) is 7.38. The molecule has 2 aromatic rings. The van der Waals surface area contributed by atoms with Crippen LogP contribution in [0.2, 0.25) is 5.02 Å². The number of benzene rings is 1. The molecule has 3 atom stereocenters. The highest BCUT2D eigenvalue weighted by Crippen LogP contribution is 2.58. The van der Waals surface area contributed by atoms with Crippen molar-refractivity contribution < 1.29 is 4.79 Å². The molecule has 0 spiro atoms. The molecule has 2 fully saturated rings. The Labute approximate surface area is 147 Å². The van der Waals surface area contributed by atoms with Crippen molar-refractivity contribution in [1.29, 1.82) is 0 Å². The van der Waals surface area contributed by atoms with Gasteiger partial charge in [-0.3, -0.25) is 9.78 Å². The third-order valence-corrected chi connectivity index (χ3v) is 5.83. The molecule has 1 heterocycles. The Hall–Kier alpha value is -1.87. The fraction of sp³-hybridized carbons (Fsp3) is 0.400. The van der Waals surface area contributed by atoms with E-state index in [1.807, 2.05) is 54.4 Å². The van der Waals surface area contributed by atoms with Gasteiger partial charge in [-0.15, -0.1) is 0 Å². The maximum atomic E-state index is 13.0. The number of nitrogens with zero attached hydrogens (tertiary/aromatic N) is 2. The Balaban J connectivity index is 1.64. The Morgan fingerprint density at radius 2 is 1.88 bits per heavy atom. The van der Waals surface area contributed by atoms with Gasteiger partial charge in [0.2, 0.25) is 5.91 Å². The molecule has 3 nitrogen and oxygen atoms in total. The Bertz CT molecular complexity index is 721. The summed E-state index contributed by atoms with van der Waals surface area (Å²) in [6.07, 6.45) is 5.49. The fourth-order valence-corrected chi connectivity index (χ4v) is 4.45. The zero-order valence-corrected chi connectivity index (χ0v) is 14.5. The second kappa shape index (κ2) is 6.21. The number of fused-ring (bicyclic) bond motifs is 1. The normalized spacial score (nSPS) is 25.8. The largest absolute Gasteiger partial charge is 0.333 e. The van der Waals surface area contributed by atoms with E-state index >= 15 is 0 Å². The van der Waals surface area contributed by atoms with Gasteiger partial charge in [0.15, 0.2) is 0 Å². The summed E-state index contributed by atoms with van der Waals surface area (Å²) >= 11 is 6.03. The SMILES string of the molecule is CN(C(=O)C1[C@@H]2CCC[C@@H]12)[C@@H](c1ccc(Cl)cc1)c1ccccn1. The molecule has 124 valence electrons. The van der Waals surface area contributed by atoms with E-state index in [0.717, 1.165) is 11.3 Å². The molecule has 2 aliphatic carbocycles. The van der Waals surface area contributed by atoms with E-state index in [2.05, 4.69) is 4.98 Å². The smallest absolute Gasteiger partial charge is 0.226 e. The average molecular weight is 341 g/mol. The molecule has 0 bridgehead atoms. The lowest BCUT2D eigenvalue weighted by molar-refractivity contribution is -0.133. The maximum absolute atomic E-state index is 13.0. The van der Waals surface area contributed by atoms with Crippen LogP contribution in [-0.4, -0.2) is 22.8 Å². The highest BCUT2D eigenvalue weighted by molar-refractivity contribution is 6.30. The van der Waals surface area contributed by atoms with Gasteiger partial charge in [0, 0.05) is 24.2 Å². The minimum absolute atomic E-state index is 0.169. The van der Waals surface area contributed by atoms with Crippen molar-refractivity contribution in [3.05, 3.63) is 64.9 Å². The summed E-state index contributed by atoms with van der Waals surface area (Å²) in [6.45, 7) is 0. The van der Waals surface area contributed by atoms with E-state index in [0.29, 0.717) is 16.9 Å². The Morgan fingerprint density at radius 1 is 1.17 bits per heavy atom. The molecule has 1 aromatic heterocycles. The van der Waals surface area contributed by atoms with Gasteiger partial charge in [-0.1, -0.05) is 36.2 Å². The number of rotatable bonds is 4. The summed E-state index contributed by atoms with van der Waals surface area (Å²) in [5, 5.41) is 0.698. The van der Waals surface area contributed by atoms with E-state index < -0.39 is 0 Å². The molecule has 4 rings (SSSR count). The standard InChI is InChI=1S/C20H21ClN2O/c1-23(20(24)18-15-5-4-6-16(15)18)19(17-7-2-3-12-22-17)13-8-10-14(21)11-9-13/h2-3,7-12,15-16,18-19H,4-6H2,1H3/t15-,16-,19+/m1/s1. The van der Waals surface area contributed by atoms with Gasteiger partial charge in [-0.25, -0.2) is 0 Å². The van der Waals surface area contributed by atoms with Crippen LogP contribution in [0.5, 0.6) is 0 Å². The first kappa shape index (κ1) is 15.6. The predicted molar refractivity (Wildman–Crippen MR) is 94.6 cm³/mol. The summed E-state index contributed by atoms with van der Waals surface area (Å²) in [6, 6.07) is 13.4. The molecule has 0 aliphatic heterocycles. The van der Waals surface area contributed by atoms with Crippen molar-refractivity contribution >= 4 is 17.5 Å². The van der Waals surface area contributed by atoms with Gasteiger partial charge in [0.1, 0.15) is 0 Å². The summed E-state index contributed by atoms with van der Waals surface area (Å²) in [5.41, 5.74) is 1.93. The molecule has 1 amide bonds. The van der Waals surface area contributed by atoms with Gasteiger partial charge in [0.05, 0.1) is 11.7 Å². The van der Waals surface area contributed by atoms with Crippen molar-refractivity contribution in [2.45, 2.75) is 25.3 Å². The van der Waals surface area contributed by atoms with Crippen LogP contribution < -0.4 is 0 Å². The van der Waals surface area contributed by atoms with Crippen LogP contribution in [0.1, 0.15) is 36.6 Å². The van der Waals surface area contributed by atoms with Crippen LogP contribution in [0.15, 0.2) is 48.7 Å². The molecular formula is C20H21ClN2O. The van der Waals surface area contributed by atoms with Crippen LogP contribution in [0.25, 0.3) is 0 Å². The zero-order chi connectivity index (χ0) is 16.7. The molecule has 0 N–H and O–H groups in total. The predicted octanol–water partition coefficient (Wildman–Crippen LogP) is 4.33. The molecule has 0 radical (unpaired) electrons. The number of amides is 1. The number of aromatic nitrogens is 1. The van der Waals surface area contributed by atoms with Gasteiger partial charge >= 0.3 is 0 Å². The number of pyridine rings is 1. The first-order valence-corrected chi connectivity index (χ1v) is 8.97. The Kier molecular flexibility index (Phi) is 4.05. The maximum Gasteiger partial charge on any atom is 0.226 e. The molecule has 0 saturated heterocycles. The second-order valence-electron chi connectivity index (χ2n) is 6.94. The van der Waals surface area contributed by atoms with Crippen molar-refractivity contribution in [1.82, 2.24) is 9.88 Å². The molecule has 0 unspecified atom stereocenters. The van der Waals surface area contributed by atoms with E-state index in [-0.39, 0.29) is 17.9 Å². The van der Waals surface area contributed by atoms with Crippen LogP contribution in [0.3, 0.4) is 0 Å². The third-order valence-electron chi connectivity index (χ3n) is 5.58. The van der Waals surface area contributed by atoms with Crippen LogP contribution in [-0.2, 0) is 4.79 Å². The minimum atomic E-state index is -0.169. The topological polar surface area (TPSA) is 33.2 Å². The zero-order valence-electron chi connectivity index (χ0n) is 13.7. The number of halogens is 1. The fourth-order valence-electron chi connectivity index (χ4n) is 4.33. The molecule has 24 heavy (non-hydrogen) atoms. The number of carbonyl (C=O) groups is 1. The highest BCUT2D eigenvalue weighted by Gasteiger charge is 2.57. The van der Waals surface area contributed by atoms with Crippen LogP contribution in [0, 0.1) is 17.8 Å². The van der Waals surface area contributed by atoms with Gasteiger partial charge in [-0.05, 0) is 54.5 Å². The van der Waals surface area contributed by atoms with Crippen LogP contribution >= 0.6 is 11.6 Å². The first-order chi connectivity index (χ1) is 11.7. The van der Waals surface area contributed by atoms with Crippen LogP contribution in [0.4, 0.5) is 0 Å². The molecule has 2 saturated carbocycles. The van der Waals surface area contributed by atoms with Gasteiger partial charge in [-0.2, -0.15) is 0 Å². The molecule has 2 aliphatic rings. The summed E-state index contributed by atoms with van der Waals surface area (Å²) in [4.78, 5) is 19.4. The lowest BCUT2D eigenvalue weighted by Crippen LogP contribution is -2.34. The van der Waals surface area contributed by atoms with Crippen molar-refractivity contribution in [2.24, 2.45) is 17.8 Å². The first-order valence-electron chi connectivity index (χ1n) is 8.60. The van der Waals surface area contributed by atoms with Crippen molar-refractivity contribution in [2.75, 3.05) is 7.05 Å². The highest BCUT2D eigenvalue weighted by atomic mass is 35.5. The van der Waals surface area contributed by atoms with E-state index in [4.69, 9.17) is 11.6 Å². The van der Waals surface area contributed by atoms with Gasteiger partial charge < -0.3 is 4.90 Å². The van der Waals surface area contributed by atoms with E-state index in [9.17, 15) is 4.79 Å². The quantitative estimate of drug-likeness (QED) is 0.830. The number of hydrogen-bond acceptors (Lipinski definition) is 2. The summed E-state index contributed by atoms with van der Waals surface area (Å²) in [7, 11) is 1.91. The summed E-state index contributed by atoms with van der Waals surface area (Å²) in [5.74, 6) is 1.72. The average Bonchev–Trinajstić information content (AvgIpc) is 3.08. The molecule has 1 aromatic carbocycles. The Morgan fingerprint density at radius 3 is 2.50 bits per heavy atom. The van der Waals surface area contributed by atoms with Gasteiger partial charge in [0.25, 0.3) is 0 Å².